The third kappa shape index (κ3) is 4.40. The van der Waals surface area contributed by atoms with E-state index in [1.54, 1.807) is 35.4 Å². The fraction of sp³-hybridized carbons (Fsp3) is 0.316. The molecule has 136 valence electrons. The third-order valence-corrected chi connectivity index (χ3v) is 5.05. The largest absolute Gasteiger partial charge is 0.347 e. The fourth-order valence-electron chi connectivity index (χ4n) is 2.99. The smallest absolute Gasteiger partial charge is 0.254 e. The van der Waals surface area contributed by atoms with Crippen LogP contribution in [0.3, 0.4) is 0 Å². The number of amides is 2. The van der Waals surface area contributed by atoms with Crippen molar-refractivity contribution in [3.63, 3.8) is 0 Å². The van der Waals surface area contributed by atoms with Crippen LogP contribution in [-0.2, 0) is 11.2 Å². The maximum Gasteiger partial charge on any atom is 0.254 e. The van der Waals surface area contributed by atoms with E-state index in [0.717, 1.165) is 5.56 Å². The van der Waals surface area contributed by atoms with Crippen LogP contribution in [0.15, 0.2) is 47.6 Å². The molecule has 1 aromatic heterocycles. The van der Waals surface area contributed by atoms with Crippen molar-refractivity contribution in [2.45, 2.75) is 23.9 Å². The van der Waals surface area contributed by atoms with Crippen LogP contribution in [0.2, 0.25) is 0 Å². The molecule has 1 aliphatic rings. The van der Waals surface area contributed by atoms with Crippen molar-refractivity contribution in [2.24, 2.45) is 0 Å². The van der Waals surface area contributed by atoms with Gasteiger partial charge in [0, 0.05) is 25.7 Å². The van der Waals surface area contributed by atoms with Crippen molar-refractivity contribution in [2.75, 3.05) is 19.3 Å². The zero-order valence-corrected chi connectivity index (χ0v) is 15.3. The highest BCUT2D eigenvalue weighted by atomic mass is 32.2. The molecule has 0 saturated carbocycles. The van der Waals surface area contributed by atoms with E-state index in [-0.39, 0.29) is 23.7 Å². The lowest BCUT2D eigenvalue weighted by atomic mass is 10.1. The van der Waals surface area contributed by atoms with Crippen molar-refractivity contribution in [1.29, 1.82) is 0 Å². The standard InChI is InChI=1S/C19H20FN3O2S/c1-26-19-16(3-2-9-21-19)18(25)22-15-11-17(24)23(12-15)10-8-13-4-6-14(20)7-5-13/h2-7,9,15H,8,10-12H2,1H3,(H,22,25). The molecule has 5 nitrogen and oxygen atoms in total. The highest BCUT2D eigenvalue weighted by molar-refractivity contribution is 7.98. The lowest BCUT2D eigenvalue weighted by molar-refractivity contribution is -0.127. The third-order valence-electron chi connectivity index (χ3n) is 4.34. The molecule has 2 heterocycles. The molecule has 1 aromatic carbocycles. The Balaban J connectivity index is 1.55. The lowest BCUT2D eigenvalue weighted by Crippen LogP contribution is -2.37. The maximum absolute atomic E-state index is 12.9. The molecule has 7 heteroatoms. The van der Waals surface area contributed by atoms with Crippen LogP contribution >= 0.6 is 11.8 Å². The topological polar surface area (TPSA) is 62.3 Å². The number of hydrogen-bond acceptors (Lipinski definition) is 4. The van der Waals surface area contributed by atoms with Gasteiger partial charge in [-0.2, -0.15) is 0 Å². The van der Waals surface area contributed by atoms with Gasteiger partial charge in [-0.25, -0.2) is 9.37 Å². The van der Waals surface area contributed by atoms with Crippen molar-refractivity contribution < 1.29 is 14.0 Å². The normalized spacial score (nSPS) is 16.8. The predicted molar refractivity (Wildman–Crippen MR) is 98.6 cm³/mol. The first kappa shape index (κ1) is 18.4. The van der Waals surface area contributed by atoms with E-state index in [0.29, 0.717) is 36.5 Å². The molecule has 1 aliphatic heterocycles. The number of nitrogens with one attached hydrogen (secondary N) is 1. The number of halogens is 1. The SMILES string of the molecule is CSc1ncccc1C(=O)NC1CC(=O)N(CCc2ccc(F)cc2)C1. The first-order valence-electron chi connectivity index (χ1n) is 8.39. The molecule has 0 spiro atoms. The van der Waals surface area contributed by atoms with Gasteiger partial charge in [0.1, 0.15) is 10.8 Å². The summed E-state index contributed by atoms with van der Waals surface area (Å²) in [5, 5.41) is 3.60. The van der Waals surface area contributed by atoms with Crippen molar-refractivity contribution in [3.05, 3.63) is 59.5 Å². The minimum atomic E-state index is -0.270. The second-order valence-corrected chi connectivity index (χ2v) is 6.95. The number of carbonyl (C=O) groups excluding carboxylic acids is 2. The molecule has 1 fully saturated rings. The summed E-state index contributed by atoms with van der Waals surface area (Å²) in [6.07, 6.45) is 4.48. The van der Waals surface area contributed by atoms with E-state index in [1.807, 2.05) is 6.26 Å². The summed E-state index contributed by atoms with van der Waals surface area (Å²) >= 11 is 1.41. The predicted octanol–water partition coefficient (Wildman–Crippen LogP) is 2.52. The Morgan fingerprint density at radius 1 is 1.35 bits per heavy atom. The van der Waals surface area contributed by atoms with Gasteiger partial charge in [-0.15, -0.1) is 11.8 Å². The molecule has 0 aliphatic carbocycles. The average molecular weight is 373 g/mol. The Hall–Kier alpha value is -2.41. The summed E-state index contributed by atoms with van der Waals surface area (Å²) in [6.45, 7) is 1.04. The van der Waals surface area contributed by atoms with E-state index >= 15 is 0 Å². The number of rotatable bonds is 6. The summed E-state index contributed by atoms with van der Waals surface area (Å²) < 4.78 is 12.9. The monoisotopic (exact) mass is 373 g/mol. The number of aromatic nitrogens is 1. The first-order valence-corrected chi connectivity index (χ1v) is 9.61. The highest BCUT2D eigenvalue weighted by Crippen LogP contribution is 2.18. The van der Waals surface area contributed by atoms with Crippen molar-refractivity contribution >= 4 is 23.6 Å². The van der Waals surface area contributed by atoms with Gasteiger partial charge in [0.2, 0.25) is 5.91 Å². The molecular formula is C19H20FN3O2S. The molecule has 2 aromatic rings. The quantitative estimate of drug-likeness (QED) is 0.791. The number of carbonyl (C=O) groups is 2. The van der Waals surface area contributed by atoms with Crippen molar-refractivity contribution in [3.8, 4) is 0 Å². The second-order valence-electron chi connectivity index (χ2n) is 6.15. The zero-order valence-electron chi connectivity index (χ0n) is 14.4. The number of benzene rings is 1. The minimum absolute atomic E-state index is 0.0219. The molecule has 3 rings (SSSR count). The Kier molecular flexibility index (Phi) is 5.88. The van der Waals surface area contributed by atoms with E-state index in [4.69, 9.17) is 0 Å². The van der Waals surface area contributed by atoms with Crippen LogP contribution in [0.4, 0.5) is 4.39 Å². The van der Waals surface area contributed by atoms with E-state index in [2.05, 4.69) is 10.3 Å². The number of pyridine rings is 1. The van der Waals surface area contributed by atoms with Gasteiger partial charge in [0.05, 0.1) is 11.6 Å². The van der Waals surface area contributed by atoms with Gasteiger partial charge >= 0.3 is 0 Å². The summed E-state index contributed by atoms with van der Waals surface area (Å²) in [4.78, 5) is 30.6. The number of likely N-dealkylation sites (tertiary alicyclic amines) is 1. The summed E-state index contributed by atoms with van der Waals surface area (Å²) in [7, 11) is 0. The molecule has 0 bridgehead atoms. The van der Waals surface area contributed by atoms with Gasteiger partial charge in [-0.1, -0.05) is 12.1 Å². The van der Waals surface area contributed by atoms with Gasteiger partial charge in [0.15, 0.2) is 0 Å². The van der Waals surface area contributed by atoms with Crippen molar-refractivity contribution in [1.82, 2.24) is 15.2 Å². The first-order chi connectivity index (χ1) is 12.6. The Labute approximate surface area is 156 Å². The molecule has 2 amide bonds. The lowest BCUT2D eigenvalue weighted by Gasteiger charge is -2.17. The fourth-order valence-corrected chi connectivity index (χ4v) is 3.54. The Bertz CT molecular complexity index is 798. The number of thioether (sulfide) groups is 1. The van der Waals surface area contributed by atoms with Gasteiger partial charge < -0.3 is 10.2 Å². The van der Waals surface area contributed by atoms with Crippen LogP contribution in [0.5, 0.6) is 0 Å². The average Bonchev–Trinajstić information content (AvgIpc) is 3.00. The van der Waals surface area contributed by atoms with Crippen LogP contribution in [0, 0.1) is 5.82 Å². The number of hydrogen-bond donors (Lipinski definition) is 1. The van der Waals surface area contributed by atoms with Crippen LogP contribution in [0.1, 0.15) is 22.3 Å². The molecule has 26 heavy (non-hydrogen) atoms. The van der Waals surface area contributed by atoms with Gasteiger partial charge in [0.25, 0.3) is 5.91 Å². The van der Waals surface area contributed by atoms with E-state index in [9.17, 15) is 14.0 Å². The second kappa shape index (κ2) is 8.31. The van der Waals surface area contributed by atoms with Crippen LogP contribution < -0.4 is 5.32 Å². The number of nitrogens with zero attached hydrogens (tertiary/aromatic N) is 2. The summed E-state index contributed by atoms with van der Waals surface area (Å²) in [6, 6.07) is 9.53. The molecule has 1 N–H and O–H groups in total. The molecule has 1 atom stereocenters. The van der Waals surface area contributed by atoms with E-state index < -0.39 is 0 Å². The van der Waals surface area contributed by atoms with Gasteiger partial charge in [-0.05, 0) is 42.5 Å². The molecular weight excluding hydrogens is 353 g/mol. The summed E-state index contributed by atoms with van der Waals surface area (Å²) in [5.74, 6) is -0.455. The minimum Gasteiger partial charge on any atom is -0.347 e. The Morgan fingerprint density at radius 3 is 2.85 bits per heavy atom. The highest BCUT2D eigenvalue weighted by Gasteiger charge is 2.30. The van der Waals surface area contributed by atoms with Gasteiger partial charge in [-0.3, -0.25) is 9.59 Å². The molecule has 1 unspecified atom stereocenters. The Morgan fingerprint density at radius 2 is 2.12 bits per heavy atom. The summed E-state index contributed by atoms with van der Waals surface area (Å²) in [5.41, 5.74) is 1.50. The zero-order chi connectivity index (χ0) is 18.5. The van der Waals surface area contributed by atoms with Crippen LogP contribution in [-0.4, -0.2) is 47.1 Å². The molecule has 0 radical (unpaired) electrons. The maximum atomic E-state index is 12.9. The molecule has 1 saturated heterocycles. The van der Waals surface area contributed by atoms with E-state index in [1.165, 1.54) is 23.9 Å². The van der Waals surface area contributed by atoms with Crippen LogP contribution in [0.25, 0.3) is 0 Å².